The summed E-state index contributed by atoms with van der Waals surface area (Å²) in [5.74, 6) is 0.211. The molecule has 0 saturated carbocycles. The van der Waals surface area contributed by atoms with Gasteiger partial charge in [-0.2, -0.15) is 9.13 Å². The van der Waals surface area contributed by atoms with Gasteiger partial charge in [-0.05, 0) is 101 Å². The lowest BCUT2D eigenvalue weighted by molar-refractivity contribution is -0.727. The molecule has 7 heterocycles. The molecule has 10 aromatic rings. The molecule has 2 aliphatic rings. The highest BCUT2D eigenvalue weighted by Crippen LogP contribution is 2.47. The average Bonchev–Trinajstić information content (AvgIpc) is 3.79. The predicted molar refractivity (Wildman–Crippen MR) is 242 cm³/mol. The second-order valence-corrected chi connectivity index (χ2v) is 17.7. The lowest BCUT2D eigenvalue weighted by atomic mass is 9.79. The molecule has 0 bridgehead atoms. The van der Waals surface area contributed by atoms with Crippen LogP contribution in [0.4, 0.5) is 0 Å². The largest absolute Gasteiger partial charge is 0.293 e. The van der Waals surface area contributed by atoms with Crippen LogP contribution in [0.15, 0.2) is 171 Å². The van der Waals surface area contributed by atoms with Gasteiger partial charge in [-0.25, -0.2) is 4.98 Å². The fraction of sp³-hybridized carbons (Fsp3) is 0.145. The molecule has 5 aromatic heterocycles. The Kier molecular flexibility index (Phi) is 7.26. The zero-order valence-electron chi connectivity index (χ0n) is 33.7. The molecule has 0 saturated heterocycles. The van der Waals surface area contributed by atoms with Crippen LogP contribution in [0.1, 0.15) is 56.0 Å². The standard InChI is InChI=1S/C55H44N4/c1-34-52-42(40-19-11-12-20-41(40)49-21-13-14-27-58(49)52)23-24-48-47(51-32-39(55(2,3)4)26-28-57(34)51)33-46-45-31-38(36-17-9-6-10-18-36)30-44-43-29-37(35-15-7-5-8-16-35)22-25-50(43)59(53(44)45)54(46)56-48/h5-22,25-33,42,52H,1,23-24H2,2-4H3/q+2. The van der Waals surface area contributed by atoms with Crippen LogP contribution in [0, 0.1) is 0 Å². The number of allylic oxidation sites excluding steroid dienone is 1. The molecule has 2 unspecified atom stereocenters. The first-order chi connectivity index (χ1) is 28.8. The van der Waals surface area contributed by atoms with Crippen LogP contribution < -0.4 is 9.13 Å². The third-order valence-electron chi connectivity index (χ3n) is 13.3. The molecule has 5 aromatic carbocycles. The maximum absolute atomic E-state index is 5.85. The molecule has 0 fully saturated rings. The van der Waals surface area contributed by atoms with Crippen molar-refractivity contribution < 1.29 is 9.13 Å². The van der Waals surface area contributed by atoms with Gasteiger partial charge in [0.1, 0.15) is 5.65 Å². The monoisotopic (exact) mass is 760 g/mol. The fourth-order valence-corrected chi connectivity index (χ4v) is 10.4. The number of hydrogen-bond donors (Lipinski definition) is 0. The van der Waals surface area contributed by atoms with E-state index in [4.69, 9.17) is 11.6 Å². The first kappa shape index (κ1) is 34.2. The van der Waals surface area contributed by atoms with Gasteiger partial charge in [-0.1, -0.05) is 106 Å². The topological polar surface area (TPSA) is 25.1 Å². The van der Waals surface area contributed by atoms with E-state index in [-0.39, 0.29) is 17.4 Å². The van der Waals surface area contributed by atoms with Gasteiger partial charge < -0.3 is 0 Å². The number of benzene rings is 5. The van der Waals surface area contributed by atoms with Gasteiger partial charge in [0.15, 0.2) is 12.4 Å². The Balaban J connectivity index is 1.17. The maximum Gasteiger partial charge on any atom is 0.249 e. The fourth-order valence-electron chi connectivity index (χ4n) is 10.4. The van der Waals surface area contributed by atoms with Crippen molar-refractivity contribution in [2.45, 2.75) is 51.0 Å². The minimum absolute atomic E-state index is 0.0347. The number of hydrogen-bond acceptors (Lipinski definition) is 1. The zero-order valence-corrected chi connectivity index (χ0v) is 33.7. The Bertz CT molecular complexity index is 3330. The normalized spacial score (nSPS) is 16.3. The first-order valence-electron chi connectivity index (χ1n) is 20.9. The Morgan fingerprint density at radius 1 is 0.610 bits per heavy atom. The number of pyridine rings is 3. The van der Waals surface area contributed by atoms with Gasteiger partial charge in [0.25, 0.3) is 0 Å². The smallest absolute Gasteiger partial charge is 0.249 e. The number of nitrogens with zero attached hydrogens (tertiary/aromatic N) is 4. The van der Waals surface area contributed by atoms with Crippen LogP contribution in [0.2, 0.25) is 0 Å². The van der Waals surface area contributed by atoms with Gasteiger partial charge in [0, 0.05) is 51.4 Å². The summed E-state index contributed by atoms with van der Waals surface area (Å²) < 4.78 is 7.31. The molecule has 59 heavy (non-hydrogen) atoms. The van der Waals surface area contributed by atoms with E-state index in [0.29, 0.717) is 0 Å². The van der Waals surface area contributed by atoms with Crippen molar-refractivity contribution in [3.63, 3.8) is 0 Å². The minimum atomic E-state index is -0.0423. The highest BCUT2D eigenvalue weighted by atomic mass is 15.1. The zero-order chi connectivity index (χ0) is 39.6. The highest BCUT2D eigenvalue weighted by Gasteiger charge is 2.47. The summed E-state index contributed by atoms with van der Waals surface area (Å²) in [6.45, 7) is 11.9. The van der Waals surface area contributed by atoms with Crippen molar-refractivity contribution in [2.24, 2.45) is 0 Å². The third kappa shape index (κ3) is 5.05. The summed E-state index contributed by atoms with van der Waals surface area (Å²) in [4.78, 5) is 5.85. The number of fused-ring (bicyclic) bond motifs is 15. The van der Waals surface area contributed by atoms with Crippen LogP contribution in [0.3, 0.4) is 0 Å². The van der Waals surface area contributed by atoms with Gasteiger partial charge in [-0.15, -0.1) is 0 Å². The van der Waals surface area contributed by atoms with Gasteiger partial charge in [-0.3, -0.25) is 4.40 Å². The first-order valence-corrected chi connectivity index (χ1v) is 20.9. The lowest BCUT2D eigenvalue weighted by Gasteiger charge is -2.29. The van der Waals surface area contributed by atoms with E-state index in [2.05, 4.69) is 198 Å². The molecule has 4 heteroatoms. The Morgan fingerprint density at radius 2 is 1.31 bits per heavy atom. The van der Waals surface area contributed by atoms with Crippen LogP contribution in [0.5, 0.6) is 0 Å². The quantitative estimate of drug-likeness (QED) is 0.161. The van der Waals surface area contributed by atoms with Crippen LogP contribution in [0.25, 0.3) is 88.7 Å². The van der Waals surface area contributed by atoms with E-state index >= 15 is 0 Å². The minimum Gasteiger partial charge on any atom is -0.293 e. The second kappa shape index (κ2) is 12.5. The Labute approximate surface area is 344 Å². The van der Waals surface area contributed by atoms with E-state index in [1.54, 1.807) is 0 Å². The van der Waals surface area contributed by atoms with Crippen LogP contribution in [-0.4, -0.2) is 9.38 Å². The van der Waals surface area contributed by atoms with Crippen LogP contribution in [-0.2, 0) is 11.8 Å². The van der Waals surface area contributed by atoms with Crippen molar-refractivity contribution in [1.82, 2.24) is 9.38 Å². The molecular formula is C55H44N4+2. The molecular weight excluding hydrogens is 717 g/mol. The summed E-state index contributed by atoms with van der Waals surface area (Å²) in [5.41, 5.74) is 18.0. The van der Waals surface area contributed by atoms with Gasteiger partial charge in [0.2, 0.25) is 23.1 Å². The SMILES string of the molecule is C=C1C2C(CCc3nc4c(cc3-c3cc(C(C)(C)C)cc[n+]31)c1cc(-c3ccccc3)cc3c5cc(-c6ccccc6)ccc5n4c31)c1ccccc1-c1cccc[n+]12. The van der Waals surface area contributed by atoms with Crippen molar-refractivity contribution in [3.8, 4) is 44.8 Å². The number of rotatable bonds is 2. The summed E-state index contributed by atoms with van der Waals surface area (Å²) in [5, 5.41) is 4.91. The van der Waals surface area contributed by atoms with E-state index in [1.165, 1.54) is 82.8 Å². The lowest BCUT2D eigenvalue weighted by Crippen LogP contribution is -2.53. The molecule has 0 spiro atoms. The summed E-state index contributed by atoms with van der Waals surface area (Å²) in [6.07, 6.45) is 6.30. The van der Waals surface area contributed by atoms with Crippen molar-refractivity contribution in [2.75, 3.05) is 0 Å². The molecule has 2 atom stereocenters. The number of aryl methyl sites for hydroxylation is 1. The summed E-state index contributed by atoms with van der Waals surface area (Å²) in [7, 11) is 0. The molecule has 0 radical (unpaired) electrons. The molecule has 4 nitrogen and oxygen atoms in total. The second-order valence-electron chi connectivity index (χ2n) is 17.7. The van der Waals surface area contributed by atoms with Crippen molar-refractivity contribution in [1.29, 1.82) is 0 Å². The highest BCUT2D eigenvalue weighted by molar-refractivity contribution is 6.24. The van der Waals surface area contributed by atoms with Gasteiger partial charge >= 0.3 is 0 Å². The van der Waals surface area contributed by atoms with E-state index < -0.39 is 0 Å². The Morgan fingerprint density at radius 3 is 2.08 bits per heavy atom. The molecule has 0 amide bonds. The molecule has 282 valence electrons. The third-order valence-corrected chi connectivity index (χ3v) is 13.3. The summed E-state index contributed by atoms with van der Waals surface area (Å²) in [6, 6.07) is 56.1. The molecule has 0 aliphatic carbocycles. The maximum atomic E-state index is 5.85. The van der Waals surface area contributed by atoms with E-state index in [9.17, 15) is 0 Å². The van der Waals surface area contributed by atoms with Gasteiger partial charge in [0.05, 0.1) is 28.2 Å². The average molecular weight is 761 g/mol. The molecule has 2 aliphatic heterocycles. The summed E-state index contributed by atoms with van der Waals surface area (Å²) >= 11 is 0. The van der Waals surface area contributed by atoms with Crippen molar-refractivity contribution >= 4 is 43.9 Å². The van der Waals surface area contributed by atoms with Crippen molar-refractivity contribution in [3.05, 3.63) is 187 Å². The van der Waals surface area contributed by atoms with Crippen LogP contribution >= 0.6 is 0 Å². The van der Waals surface area contributed by atoms with E-state index in [0.717, 1.165) is 35.6 Å². The number of aromatic nitrogens is 4. The molecule has 0 N–H and O–H groups in total. The van der Waals surface area contributed by atoms with E-state index in [1.807, 2.05) is 0 Å². The molecule has 12 rings (SSSR count). The predicted octanol–water partition coefficient (Wildman–Crippen LogP) is 12.5. The Hall–Kier alpha value is -6.91.